The molecule has 1 aliphatic rings. The number of carbonyl (C=O) groups is 1. The van der Waals surface area contributed by atoms with Crippen molar-refractivity contribution in [3.8, 4) is 11.3 Å². The minimum atomic E-state index is 0.188. The van der Waals surface area contributed by atoms with E-state index in [-0.39, 0.29) is 5.91 Å². The van der Waals surface area contributed by atoms with Crippen LogP contribution in [-0.4, -0.2) is 53.5 Å². The second kappa shape index (κ2) is 8.84. The van der Waals surface area contributed by atoms with Gasteiger partial charge < -0.3 is 15.1 Å². The molecule has 7 heteroatoms. The lowest BCUT2D eigenvalue weighted by molar-refractivity contribution is -0.131. The Balaban J connectivity index is 1.22. The van der Waals surface area contributed by atoms with E-state index in [4.69, 9.17) is 0 Å². The molecule has 3 aromatic rings. The maximum atomic E-state index is 12.5. The van der Waals surface area contributed by atoms with Crippen LogP contribution in [0.2, 0.25) is 0 Å². The summed E-state index contributed by atoms with van der Waals surface area (Å²) in [6.45, 7) is 3.73. The number of benzene rings is 1. The topological polar surface area (TPSA) is 61.4 Å². The van der Waals surface area contributed by atoms with Gasteiger partial charge >= 0.3 is 0 Å². The van der Waals surface area contributed by atoms with Gasteiger partial charge in [0.15, 0.2) is 5.13 Å². The molecule has 1 aliphatic heterocycles. The maximum absolute atomic E-state index is 12.5. The van der Waals surface area contributed by atoms with Crippen LogP contribution in [0.5, 0.6) is 0 Å². The first-order valence-electron chi connectivity index (χ1n) is 9.48. The summed E-state index contributed by atoms with van der Waals surface area (Å²) in [7, 11) is 0. The van der Waals surface area contributed by atoms with Gasteiger partial charge in [0.25, 0.3) is 0 Å². The quantitative estimate of drug-likeness (QED) is 0.696. The van der Waals surface area contributed by atoms with Gasteiger partial charge in [0.1, 0.15) is 5.82 Å². The zero-order valence-corrected chi connectivity index (χ0v) is 16.4. The van der Waals surface area contributed by atoms with Crippen LogP contribution in [0.25, 0.3) is 11.3 Å². The van der Waals surface area contributed by atoms with Gasteiger partial charge in [-0.1, -0.05) is 36.4 Å². The molecular weight excluding hydrogens is 370 g/mol. The SMILES string of the molecule is O=C(CCNc1nc(-c2ccccc2)cs1)N1CCN(c2ccccn2)CC1. The van der Waals surface area contributed by atoms with E-state index < -0.39 is 0 Å². The van der Waals surface area contributed by atoms with Gasteiger partial charge in [-0.05, 0) is 12.1 Å². The number of nitrogens with one attached hydrogen (secondary N) is 1. The Morgan fingerprint density at radius 1 is 1.04 bits per heavy atom. The van der Waals surface area contributed by atoms with E-state index in [0.29, 0.717) is 13.0 Å². The summed E-state index contributed by atoms with van der Waals surface area (Å²) in [6.07, 6.45) is 2.28. The van der Waals surface area contributed by atoms with Gasteiger partial charge in [0, 0.05) is 56.3 Å². The molecule has 4 rings (SSSR count). The van der Waals surface area contributed by atoms with E-state index in [9.17, 15) is 4.79 Å². The van der Waals surface area contributed by atoms with Crippen LogP contribution < -0.4 is 10.2 Å². The second-order valence-electron chi connectivity index (χ2n) is 6.64. The van der Waals surface area contributed by atoms with Gasteiger partial charge in [-0.25, -0.2) is 9.97 Å². The lowest BCUT2D eigenvalue weighted by Crippen LogP contribution is -2.49. The zero-order valence-electron chi connectivity index (χ0n) is 15.6. The van der Waals surface area contributed by atoms with Crippen molar-refractivity contribution in [2.75, 3.05) is 42.9 Å². The number of pyridine rings is 1. The maximum Gasteiger partial charge on any atom is 0.224 e. The van der Waals surface area contributed by atoms with Crippen molar-refractivity contribution >= 4 is 28.2 Å². The molecule has 1 fully saturated rings. The van der Waals surface area contributed by atoms with Gasteiger partial charge in [-0.2, -0.15) is 0 Å². The molecule has 3 heterocycles. The third-order valence-electron chi connectivity index (χ3n) is 4.79. The van der Waals surface area contributed by atoms with E-state index in [0.717, 1.165) is 48.4 Å². The van der Waals surface area contributed by atoms with Gasteiger partial charge in [0.2, 0.25) is 5.91 Å². The van der Waals surface area contributed by atoms with E-state index in [1.165, 1.54) is 0 Å². The van der Waals surface area contributed by atoms with E-state index in [2.05, 4.69) is 20.2 Å². The van der Waals surface area contributed by atoms with Crippen molar-refractivity contribution in [3.63, 3.8) is 0 Å². The van der Waals surface area contributed by atoms with E-state index in [1.54, 1.807) is 17.5 Å². The standard InChI is InChI=1S/C21H23N5OS/c27-20(26-14-12-25(13-15-26)19-8-4-5-10-22-19)9-11-23-21-24-18(16-28-21)17-6-2-1-3-7-17/h1-8,10,16H,9,11-15H2,(H,23,24). The monoisotopic (exact) mass is 393 g/mol. The summed E-state index contributed by atoms with van der Waals surface area (Å²) in [4.78, 5) is 25.6. The second-order valence-corrected chi connectivity index (χ2v) is 7.49. The molecule has 2 aromatic heterocycles. The van der Waals surface area contributed by atoms with Crippen LogP contribution in [0, 0.1) is 0 Å². The first-order valence-corrected chi connectivity index (χ1v) is 10.4. The molecule has 1 amide bonds. The molecule has 0 unspecified atom stereocenters. The molecule has 0 saturated carbocycles. The highest BCUT2D eigenvalue weighted by Gasteiger charge is 2.21. The number of thiazole rings is 1. The third kappa shape index (κ3) is 4.48. The largest absolute Gasteiger partial charge is 0.361 e. The van der Waals surface area contributed by atoms with Crippen LogP contribution in [0.4, 0.5) is 10.9 Å². The van der Waals surface area contributed by atoms with Crippen LogP contribution in [-0.2, 0) is 4.79 Å². The van der Waals surface area contributed by atoms with Crippen molar-refractivity contribution in [3.05, 3.63) is 60.1 Å². The number of carbonyl (C=O) groups excluding carboxylic acids is 1. The lowest BCUT2D eigenvalue weighted by Gasteiger charge is -2.35. The molecule has 0 radical (unpaired) electrons. The van der Waals surface area contributed by atoms with Crippen molar-refractivity contribution < 1.29 is 4.79 Å². The van der Waals surface area contributed by atoms with Crippen molar-refractivity contribution in [1.82, 2.24) is 14.9 Å². The molecule has 0 aliphatic carbocycles. The Morgan fingerprint density at radius 2 is 1.82 bits per heavy atom. The molecular formula is C21H23N5OS. The Hall–Kier alpha value is -2.93. The number of anilines is 2. The third-order valence-corrected chi connectivity index (χ3v) is 5.59. The Bertz CT molecular complexity index is 891. The van der Waals surface area contributed by atoms with Gasteiger partial charge in [-0.15, -0.1) is 11.3 Å². The minimum absolute atomic E-state index is 0.188. The zero-order chi connectivity index (χ0) is 19.2. The first-order chi connectivity index (χ1) is 13.8. The molecule has 144 valence electrons. The van der Waals surface area contributed by atoms with E-state index in [1.807, 2.05) is 58.8 Å². The number of nitrogens with zero attached hydrogens (tertiary/aromatic N) is 4. The summed E-state index contributed by atoms with van der Waals surface area (Å²) in [5.74, 6) is 1.17. The molecule has 28 heavy (non-hydrogen) atoms. The van der Waals surface area contributed by atoms with Crippen molar-refractivity contribution in [2.24, 2.45) is 0 Å². The summed E-state index contributed by atoms with van der Waals surface area (Å²) < 4.78 is 0. The number of amides is 1. The average molecular weight is 394 g/mol. The molecule has 1 N–H and O–H groups in total. The highest BCUT2D eigenvalue weighted by molar-refractivity contribution is 7.14. The number of hydrogen-bond acceptors (Lipinski definition) is 6. The minimum Gasteiger partial charge on any atom is -0.361 e. The fourth-order valence-electron chi connectivity index (χ4n) is 3.26. The first kappa shape index (κ1) is 18.4. The highest BCUT2D eigenvalue weighted by atomic mass is 32.1. The van der Waals surface area contributed by atoms with Gasteiger partial charge in [0.05, 0.1) is 5.69 Å². The molecule has 6 nitrogen and oxygen atoms in total. The average Bonchev–Trinajstić information content (AvgIpc) is 3.24. The van der Waals surface area contributed by atoms with Crippen LogP contribution in [0.15, 0.2) is 60.1 Å². The van der Waals surface area contributed by atoms with Gasteiger partial charge in [-0.3, -0.25) is 4.79 Å². The summed E-state index contributed by atoms with van der Waals surface area (Å²) in [5.41, 5.74) is 2.07. The summed E-state index contributed by atoms with van der Waals surface area (Å²) in [6, 6.07) is 16.0. The molecule has 0 atom stereocenters. The lowest BCUT2D eigenvalue weighted by atomic mass is 10.2. The fraction of sp³-hybridized carbons (Fsp3) is 0.286. The highest BCUT2D eigenvalue weighted by Crippen LogP contribution is 2.24. The smallest absolute Gasteiger partial charge is 0.224 e. The van der Waals surface area contributed by atoms with Crippen LogP contribution >= 0.6 is 11.3 Å². The van der Waals surface area contributed by atoms with Crippen molar-refractivity contribution in [2.45, 2.75) is 6.42 Å². The predicted molar refractivity (Wildman–Crippen MR) is 114 cm³/mol. The Morgan fingerprint density at radius 3 is 2.57 bits per heavy atom. The molecule has 0 bridgehead atoms. The number of aromatic nitrogens is 2. The Labute approximate surface area is 168 Å². The molecule has 1 aromatic carbocycles. The number of piperazine rings is 1. The van der Waals surface area contributed by atoms with Crippen molar-refractivity contribution in [1.29, 1.82) is 0 Å². The Kier molecular flexibility index (Phi) is 5.82. The number of hydrogen-bond donors (Lipinski definition) is 1. The van der Waals surface area contributed by atoms with Crippen LogP contribution in [0.3, 0.4) is 0 Å². The van der Waals surface area contributed by atoms with Crippen LogP contribution in [0.1, 0.15) is 6.42 Å². The normalized spacial score (nSPS) is 14.1. The number of rotatable bonds is 6. The van der Waals surface area contributed by atoms with E-state index >= 15 is 0 Å². The molecule has 1 saturated heterocycles. The summed E-state index contributed by atoms with van der Waals surface area (Å²) in [5, 5.41) is 6.17. The fourth-order valence-corrected chi connectivity index (χ4v) is 4.01. The predicted octanol–water partition coefficient (Wildman–Crippen LogP) is 3.36. The summed E-state index contributed by atoms with van der Waals surface area (Å²) >= 11 is 1.57. The molecule has 0 spiro atoms.